The summed E-state index contributed by atoms with van der Waals surface area (Å²) in [5.74, 6) is -0.129. The molecule has 0 spiro atoms. The highest BCUT2D eigenvalue weighted by molar-refractivity contribution is 6.31. The molecule has 0 radical (unpaired) electrons. The molecule has 2 aromatic rings. The lowest BCUT2D eigenvalue weighted by molar-refractivity contribution is -0.116. The lowest BCUT2D eigenvalue weighted by Crippen LogP contribution is -2.19. The highest BCUT2D eigenvalue weighted by Crippen LogP contribution is 2.12. The quantitative estimate of drug-likeness (QED) is 0.909. The van der Waals surface area contributed by atoms with Crippen molar-refractivity contribution in [3.05, 3.63) is 47.2 Å². The van der Waals surface area contributed by atoms with E-state index in [-0.39, 0.29) is 12.5 Å². The molecular weight excluding hydrogens is 238 g/mol. The topological polar surface area (TPSA) is 46.9 Å². The molecule has 1 heterocycles. The van der Waals surface area contributed by atoms with E-state index in [0.717, 1.165) is 11.4 Å². The molecule has 0 aliphatic rings. The summed E-state index contributed by atoms with van der Waals surface area (Å²) in [4.78, 5) is 11.7. The number of nitrogens with one attached hydrogen (secondary N) is 1. The molecule has 0 saturated heterocycles. The monoisotopic (exact) mass is 249 g/mol. The average Bonchev–Trinajstić information content (AvgIpc) is 2.59. The first kappa shape index (κ1) is 11.7. The number of para-hydroxylation sites is 1. The van der Waals surface area contributed by atoms with E-state index < -0.39 is 0 Å². The molecule has 2 rings (SSSR count). The molecule has 0 fully saturated rings. The Morgan fingerprint density at radius 3 is 2.71 bits per heavy atom. The zero-order chi connectivity index (χ0) is 12.3. The number of benzene rings is 1. The van der Waals surface area contributed by atoms with Gasteiger partial charge in [0.2, 0.25) is 5.91 Å². The van der Waals surface area contributed by atoms with Gasteiger partial charge in [-0.15, -0.1) is 0 Å². The van der Waals surface area contributed by atoms with Crippen molar-refractivity contribution in [2.45, 2.75) is 13.5 Å². The summed E-state index contributed by atoms with van der Waals surface area (Å²) >= 11 is 5.86. The fraction of sp³-hybridized carbons (Fsp3) is 0.167. The summed E-state index contributed by atoms with van der Waals surface area (Å²) in [5, 5.41) is 7.46. The smallest absolute Gasteiger partial charge is 0.246 e. The minimum atomic E-state index is -0.129. The van der Waals surface area contributed by atoms with E-state index in [1.807, 2.05) is 30.3 Å². The van der Waals surface area contributed by atoms with E-state index in [1.54, 1.807) is 13.1 Å². The van der Waals surface area contributed by atoms with E-state index in [2.05, 4.69) is 10.4 Å². The van der Waals surface area contributed by atoms with Crippen molar-refractivity contribution in [1.29, 1.82) is 0 Å². The van der Waals surface area contributed by atoms with Crippen LogP contribution < -0.4 is 5.32 Å². The molecule has 1 aromatic heterocycles. The van der Waals surface area contributed by atoms with E-state index >= 15 is 0 Å². The lowest BCUT2D eigenvalue weighted by Gasteiger charge is -2.04. The molecular formula is C12H12ClN3O. The van der Waals surface area contributed by atoms with Crippen molar-refractivity contribution >= 4 is 23.2 Å². The summed E-state index contributed by atoms with van der Waals surface area (Å²) in [6.07, 6.45) is 1.64. The second-order valence-electron chi connectivity index (χ2n) is 3.67. The maximum absolute atomic E-state index is 11.7. The molecule has 1 aromatic carbocycles. The van der Waals surface area contributed by atoms with E-state index in [9.17, 15) is 4.79 Å². The number of halogens is 1. The largest absolute Gasteiger partial charge is 0.324 e. The fourth-order valence-corrected chi connectivity index (χ4v) is 1.59. The predicted molar refractivity (Wildman–Crippen MR) is 67.0 cm³/mol. The van der Waals surface area contributed by atoms with Crippen LogP contribution in [0.4, 0.5) is 5.69 Å². The Bertz CT molecular complexity index is 502. The standard InChI is InChI=1S/C12H12ClN3O/c1-9-11(13)7-16(15-9)8-12(17)14-10-5-3-2-4-6-10/h2-7H,8H2,1H3,(H,14,17). The third kappa shape index (κ3) is 3.07. The lowest BCUT2D eigenvalue weighted by atomic mass is 10.3. The first-order chi connectivity index (χ1) is 8.15. The number of anilines is 1. The van der Waals surface area contributed by atoms with Crippen LogP contribution in [0.2, 0.25) is 5.02 Å². The van der Waals surface area contributed by atoms with Gasteiger partial charge in [-0.3, -0.25) is 9.48 Å². The van der Waals surface area contributed by atoms with Crippen LogP contribution >= 0.6 is 11.6 Å². The Morgan fingerprint density at radius 1 is 1.41 bits per heavy atom. The number of nitrogens with zero attached hydrogens (tertiary/aromatic N) is 2. The summed E-state index contributed by atoms with van der Waals surface area (Å²) < 4.78 is 1.52. The molecule has 17 heavy (non-hydrogen) atoms. The summed E-state index contributed by atoms with van der Waals surface area (Å²) in [7, 11) is 0. The van der Waals surface area contributed by atoms with Gasteiger partial charge in [0.25, 0.3) is 0 Å². The van der Waals surface area contributed by atoms with Crippen molar-refractivity contribution in [2.24, 2.45) is 0 Å². The van der Waals surface area contributed by atoms with Gasteiger partial charge < -0.3 is 5.32 Å². The normalized spacial score (nSPS) is 10.2. The van der Waals surface area contributed by atoms with Gasteiger partial charge in [-0.2, -0.15) is 5.10 Å². The zero-order valence-electron chi connectivity index (χ0n) is 9.35. The van der Waals surface area contributed by atoms with Crippen molar-refractivity contribution < 1.29 is 4.79 Å². The maximum atomic E-state index is 11.7. The van der Waals surface area contributed by atoms with Gasteiger partial charge in [0.15, 0.2) is 0 Å². The van der Waals surface area contributed by atoms with Crippen molar-refractivity contribution in [3.63, 3.8) is 0 Å². The van der Waals surface area contributed by atoms with E-state index in [4.69, 9.17) is 11.6 Å². The minimum absolute atomic E-state index is 0.129. The molecule has 0 atom stereocenters. The van der Waals surface area contributed by atoms with Crippen LogP contribution in [0.1, 0.15) is 5.69 Å². The van der Waals surface area contributed by atoms with Crippen LogP contribution in [-0.4, -0.2) is 15.7 Å². The van der Waals surface area contributed by atoms with Crippen LogP contribution in [0.3, 0.4) is 0 Å². The maximum Gasteiger partial charge on any atom is 0.246 e. The van der Waals surface area contributed by atoms with Crippen LogP contribution in [0.15, 0.2) is 36.5 Å². The van der Waals surface area contributed by atoms with E-state index in [0.29, 0.717) is 5.02 Å². The van der Waals surface area contributed by atoms with Crippen molar-refractivity contribution in [3.8, 4) is 0 Å². The number of hydrogen-bond donors (Lipinski definition) is 1. The number of carbonyl (C=O) groups is 1. The fourth-order valence-electron chi connectivity index (χ4n) is 1.44. The molecule has 5 heteroatoms. The number of rotatable bonds is 3. The van der Waals surface area contributed by atoms with Crippen LogP contribution in [-0.2, 0) is 11.3 Å². The Hall–Kier alpha value is -1.81. The predicted octanol–water partition coefficient (Wildman–Crippen LogP) is 2.48. The van der Waals surface area contributed by atoms with Gasteiger partial charge in [-0.05, 0) is 19.1 Å². The average molecular weight is 250 g/mol. The number of aromatic nitrogens is 2. The Labute approximate surface area is 104 Å². The highest BCUT2D eigenvalue weighted by Gasteiger charge is 2.06. The summed E-state index contributed by atoms with van der Waals surface area (Å²) in [6.45, 7) is 1.95. The van der Waals surface area contributed by atoms with Gasteiger partial charge in [0, 0.05) is 11.9 Å². The Kier molecular flexibility index (Phi) is 3.44. The van der Waals surface area contributed by atoms with Crippen LogP contribution in [0.5, 0.6) is 0 Å². The number of carbonyl (C=O) groups excluding carboxylic acids is 1. The molecule has 0 unspecified atom stereocenters. The first-order valence-corrected chi connectivity index (χ1v) is 5.57. The third-order valence-electron chi connectivity index (χ3n) is 2.25. The molecule has 1 amide bonds. The Balaban J connectivity index is 1.98. The van der Waals surface area contributed by atoms with Gasteiger partial charge >= 0.3 is 0 Å². The van der Waals surface area contributed by atoms with E-state index in [1.165, 1.54) is 4.68 Å². The minimum Gasteiger partial charge on any atom is -0.324 e. The molecule has 1 N–H and O–H groups in total. The number of amides is 1. The van der Waals surface area contributed by atoms with Gasteiger partial charge in [0.1, 0.15) is 6.54 Å². The second-order valence-corrected chi connectivity index (χ2v) is 4.08. The Morgan fingerprint density at radius 2 is 2.12 bits per heavy atom. The van der Waals surface area contributed by atoms with Crippen molar-refractivity contribution in [1.82, 2.24) is 9.78 Å². The summed E-state index contributed by atoms with van der Waals surface area (Å²) in [5.41, 5.74) is 1.49. The molecule has 4 nitrogen and oxygen atoms in total. The molecule has 0 aliphatic heterocycles. The number of hydrogen-bond acceptors (Lipinski definition) is 2. The van der Waals surface area contributed by atoms with Gasteiger partial charge in [-0.25, -0.2) is 0 Å². The molecule has 0 aliphatic carbocycles. The van der Waals surface area contributed by atoms with Crippen LogP contribution in [0.25, 0.3) is 0 Å². The highest BCUT2D eigenvalue weighted by atomic mass is 35.5. The SMILES string of the molecule is Cc1nn(CC(=O)Nc2ccccc2)cc1Cl. The summed E-state index contributed by atoms with van der Waals surface area (Å²) in [6, 6.07) is 9.29. The zero-order valence-corrected chi connectivity index (χ0v) is 10.1. The van der Waals surface area contributed by atoms with Gasteiger partial charge in [0.05, 0.1) is 10.7 Å². The van der Waals surface area contributed by atoms with Crippen molar-refractivity contribution in [2.75, 3.05) is 5.32 Å². The molecule has 88 valence electrons. The first-order valence-electron chi connectivity index (χ1n) is 5.19. The third-order valence-corrected chi connectivity index (χ3v) is 2.62. The second kappa shape index (κ2) is 5.01. The molecule has 0 saturated carbocycles. The van der Waals surface area contributed by atoms with Crippen LogP contribution in [0, 0.1) is 6.92 Å². The van der Waals surface area contributed by atoms with Gasteiger partial charge in [-0.1, -0.05) is 29.8 Å². The molecule has 0 bridgehead atoms. The number of aryl methyl sites for hydroxylation is 1.